The number of aliphatic hydroxyl groups excluding tert-OH is 12. The number of rotatable bonds is 38. The minimum atomic E-state index is -1.84. The van der Waals surface area contributed by atoms with Crippen LogP contribution in [0, 0.1) is 0 Å². The number of nitrogens with one attached hydrogen (secondary N) is 2. The molecule has 51 heteroatoms. The van der Waals surface area contributed by atoms with E-state index in [0.717, 1.165) is 12.8 Å². The molecule has 0 unspecified atom stereocenters. The molecule has 3 aromatic rings. The molecule has 0 bridgehead atoms. The van der Waals surface area contributed by atoms with Crippen molar-refractivity contribution in [3.63, 3.8) is 0 Å². The van der Waals surface area contributed by atoms with Crippen LogP contribution in [0.25, 0.3) is 22.5 Å². The van der Waals surface area contributed by atoms with Gasteiger partial charge in [0.1, 0.15) is 152 Å². The van der Waals surface area contributed by atoms with Gasteiger partial charge in [0.2, 0.25) is 11.8 Å². The van der Waals surface area contributed by atoms with E-state index >= 15 is 0 Å². The van der Waals surface area contributed by atoms with Crippen molar-refractivity contribution >= 4 is 23.7 Å². The summed E-state index contributed by atoms with van der Waals surface area (Å²) in [7, 11) is 0. The molecule has 696 valence electrons. The molecule has 0 spiro atoms. The highest BCUT2D eigenvalue weighted by Crippen LogP contribution is 2.39. The maximum atomic E-state index is 14.6. The molecule has 3 amide bonds. The Morgan fingerprint density at radius 1 is 0.431 bits per heavy atom. The number of ether oxygens (including phenoxy) is 12. The fourth-order valence-corrected chi connectivity index (χ4v) is 16.4. The Balaban J connectivity index is 0.857. The Kier molecular flexibility index (Phi) is 34.6. The van der Waals surface area contributed by atoms with E-state index in [-0.39, 0.29) is 118 Å². The molecule has 2 aliphatic carbocycles. The number of hydrogen-bond donors (Lipinski definition) is 29. The summed E-state index contributed by atoms with van der Waals surface area (Å²) in [6, 6.07) is -6.02. The fourth-order valence-electron chi connectivity index (χ4n) is 16.4. The van der Waals surface area contributed by atoms with Gasteiger partial charge in [0.05, 0.1) is 61.9 Å². The van der Waals surface area contributed by atoms with Gasteiger partial charge in [-0.2, -0.15) is 0 Å². The summed E-state index contributed by atoms with van der Waals surface area (Å²) in [5, 5.41) is 159. The predicted octanol–water partition coefficient (Wildman–Crippen LogP) is -16.1. The molecule has 8 fully saturated rings. The number of carbonyl (C=O) groups is 3. The van der Waals surface area contributed by atoms with Crippen molar-refractivity contribution < 1.29 is 133 Å². The largest absolute Gasteiger partial charge is 0.389 e. The van der Waals surface area contributed by atoms with Crippen LogP contribution in [-0.2, 0) is 79.5 Å². The van der Waals surface area contributed by atoms with E-state index in [0.29, 0.717) is 32.1 Å². The topological polar surface area (TPSA) is 893 Å². The van der Waals surface area contributed by atoms with Crippen molar-refractivity contribution in [3.8, 4) is 22.5 Å². The molecule has 1 aromatic carbocycles. The van der Waals surface area contributed by atoms with Crippen LogP contribution in [-0.4, -0.2) is 393 Å². The Morgan fingerprint density at radius 2 is 0.789 bits per heavy atom. The van der Waals surface area contributed by atoms with Crippen molar-refractivity contribution in [3.05, 3.63) is 36.2 Å². The lowest BCUT2D eigenvalue weighted by Gasteiger charge is -2.47. The van der Waals surface area contributed by atoms with Crippen molar-refractivity contribution in [1.29, 1.82) is 0 Å². The second kappa shape index (κ2) is 43.7. The highest BCUT2D eigenvalue weighted by atomic mass is 16.8. The Hall–Kier alpha value is -6.26. The van der Waals surface area contributed by atoms with Gasteiger partial charge in [-0.15, -0.1) is 10.2 Å². The number of benzene rings is 1. The van der Waals surface area contributed by atoms with Crippen molar-refractivity contribution in [1.82, 2.24) is 40.6 Å². The van der Waals surface area contributed by atoms with E-state index in [4.69, 9.17) is 143 Å². The van der Waals surface area contributed by atoms with Crippen LogP contribution < -0.4 is 96.6 Å². The summed E-state index contributed by atoms with van der Waals surface area (Å²) in [6.07, 6.45) is -37.8. The molecule has 0 radical (unpaired) electrons. The predicted molar refractivity (Wildman–Crippen MR) is 423 cm³/mol. The molecular formula is C72H126N24O27. The first-order chi connectivity index (χ1) is 58.5. The second-order valence-corrected chi connectivity index (χ2v) is 32.7. The van der Waals surface area contributed by atoms with Crippen LogP contribution in [0.3, 0.4) is 0 Å². The summed E-state index contributed by atoms with van der Waals surface area (Å²) in [5.41, 5.74) is 92.2. The number of nitrogens with two attached hydrogens (primary N) is 15. The third kappa shape index (κ3) is 23.1. The van der Waals surface area contributed by atoms with E-state index < -0.39 is 250 Å². The zero-order chi connectivity index (χ0) is 89.3. The monoisotopic (exact) mass is 1760 g/mol. The van der Waals surface area contributed by atoms with Crippen molar-refractivity contribution in [2.45, 2.75) is 322 Å². The standard InChI is InChI=1S/C72H126N24O27/c73-17-35-48(100)52(104)42(81)66(112-35)118-58-30(79)15-28(77)46(98)62(58)122-70-56(108)60(120-68-44(83)54(106)50(102)37(19-75)114-68)39(116-70)23-95-21-33(91-93-95)25-12-26(14-27(13-25)65(111)88-10-6-4-2-1-3-5-9-41(97)90-32(64(85)110)8-7-11-89-72(86)87)34-22-96(94-92-34)24-40-61(121-69-45(84)55(107)51(103)38(20-76)115-69)57(109)71(117-40)123-63-47(99)29(78)16-31(80)59(63)119-67-43(82)53(105)49(101)36(18-74)113-67/h12-14,21-22,28-32,35-40,42-63,66-71,98-109H,1-11,15-20,23-24,73-84H2,(H2,85,110)(H,88,111)(H,90,97)(H4,86,87,89)/t28-,29+,30+,31-,32-,35+,36-,37-,38+,39-,40+,42+,43-,44+,45-,46+,47-,48+,49-,50+,51-,52+,53-,54+,55-,56-,57+,58-,59+,60-,61+,62-,63+,66+,67-,68+,69-,70+,71-/m0/s1. The molecule has 11 rings (SSSR count). The lowest BCUT2D eigenvalue weighted by molar-refractivity contribution is -0.306. The smallest absolute Gasteiger partial charge is 0.251 e. The normalized spacial score (nSPS) is 40.7. The first-order valence-corrected chi connectivity index (χ1v) is 41.3. The van der Waals surface area contributed by atoms with E-state index in [1.807, 2.05) is 0 Å². The third-order valence-corrected chi connectivity index (χ3v) is 23.7. The maximum Gasteiger partial charge on any atom is 0.251 e. The molecular weight excluding hydrogens is 1630 g/mol. The Bertz CT molecular complexity index is 3680. The zero-order valence-corrected chi connectivity index (χ0v) is 67.6. The highest BCUT2D eigenvalue weighted by Gasteiger charge is 2.58. The summed E-state index contributed by atoms with van der Waals surface area (Å²) in [4.78, 5) is 43.3. The highest BCUT2D eigenvalue weighted by molar-refractivity contribution is 5.97. The van der Waals surface area contributed by atoms with Gasteiger partial charge in [0.25, 0.3) is 5.91 Å². The summed E-state index contributed by atoms with van der Waals surface area (Å²) in [5.74, 6) is -1.65. The fraction of sp³-hybridized carbons (Fsp3) is 0.806. The van der Waals surface area contributed by atoms with Crippen LogP contribution >= 0.6 is 0 Å². The minimum absolute atomic E-state index is 0.0433. The number of aliphatic hydroxyl groups is 12. The average molecular weight is 1760 g/mol. The maximum absolute atomic E-state index is 14.6. The summed E-state index contributed by atoms with van der Waals surface area (Å²) >= 11 is 0. The van der Waals surface area contributed by atoms with Gasteiger partial charge in [-0.25, -0.2) is 9.36 Å². The number of carbonyl (C=O) groups excluding carboxylic acids is 3. The first-order valence-electron chi connectivity index (χ1n) is 41.3. The number of aliphatic imine (C=N–C) groups is 1. The number of amides is 3. The van der Waals surface area contributed by atoms with Gasteiger partial charge in [-0.3, -0.25) is 19.4 Å². The number of unbranched alkanes of at least 4 members (excludes halogenated alkanes) is 5. The summed E-state index contributed by atoms with van der Waals surface area (Å²) < 4.78 is 77.3. The van der Waals surface area contributed by atoms with Gasteiger partial charge in [0.15, 0.2) is 43.7 Å². The zero-order valence-electron chi connectivity index (χ0n) is 67.6. The van der Waals surface area contributed by atoms with E-state index in [9.17, 15) is 75.7 Å². The van der Waals surface area contributed by atoms with Gasteiger partial charge in [0, 0.05) is 86.5 Å². The molecule has 8 heterocycles. The van der Waals surface area contributed by atoms with Gasteiger partial charge >= 0.3 is 0 Å². The first kappa shape index (κ1) is 97.4. The molecule has 44 N–H and O–H groups in total. The molecule has 39 atom stereocenters. The van der Waals surface area contributed by atoms with Crippen molar-refractivity contribution in [2.24, 2.45) is 91.0 Å². The molecule has 2 aromatic heterocycles. The number of guanidine groups is 1. The molecule has 123 heavy (non-hydrogen) atoms. The van der Waals surface area contributed by atoms with Crippen LogP contribution in [0.4, 0.5) is 0 Å². The number of nitrogens with zero attached hydrogens (tertiary/aromatic N) is 7. The van der Waals surface area contributed by atoms with Crippen molar-refractivity contribution in [2.75, 3.05) is 39.3 Å². The van der Waals surface area contributed by atoms with Crippen LogP contribution in [0.15, 0.2) is 35.6 Å². The van der Waals surface area contributed by atoms with Crippen LogP contribution in [0.5, 0.6) is 0 Å². The van der Waals surface area contributed by atoms with Gasteiger partial charge < -0.3 is 215 Å². The average Bonchev–Trinajstić information content (AvgIpc) is 1.45. The second-order valence-electron chi connectivity index (χ2n) is 32.7. The van der Waals surface area contributed by atoms with E-state index in [2.05, 4.69) is 36.3 Å². The molecule has 51 nitrogen and oxygen atoms in total. The van der Waals surface area contributed by atoms with Gasteiger partial charge in [-0.05, 0) is 56.7 Å². The Labute approximate surface area is 705 Å². The third-order valence-electron chi connectivity index (χ3n) is 23.7. The molecule has 6 saturated heterocycles. The molecule has 2 saturated carbocycles. The lowest BCUT2D eigenvalue weighted by Crippen LogP contribution is -2.68. The SMILES string of the molecule is NC[C@@H]1O[C@@H](O[C@H]2[C@H](O[C@@H]3O[C@H](Cn4cc(-c5cc(C(=O)NCCCCCCCCC(=O)N[C@@H](CCCN=C(N)N)C(N)=O)cc(-c6cn(C[C@@H]7O[C@H](O[C@H]8[C@H](O)[C@@H](N)C[C@@H](N)[C@@H]8O[C@H]8O[C@H](CN)[C@@H](O)[C@H](O)[C@H]8N)[C@@H](O)[C@H]7O[C@H]7O[C@@H](CN)[C@@H](O)[C@H](O)[C@H]7N)nn6)c5)nn4)[C@@H](O[C@@H]4O[C@H](CN)[C@H](O)[C@@H](O)[C@@H]4N)[C@H]3O)[C@@H](O)[C@H](N)C[C@@H]2N)[C@@H](N)[C@H](O)[C@H]1O. The molecule has 6 aliphatic heterocycles. The number of hydrogen-bond acceptors (Lipinski definition) is 44. The summed E-state index contributed by atoms with van der Waals surface area (Å²) in [6.45, 7) is -1.38. The van der Waals surface area contributed by atoms with Gasteiger partial charge in [-0.1, -0.05) is 36.1 Å². The van der Waals surface area contributed by atoms with E-state index in [1.54, 1.807) is 6.07 Å². The molecule has 8 aliphatic rings. The lowest BCUT2D eigenvalue weighted by atomic mass is 9.84. The van der Waals surface area contributed by atoms with E-state index in [1.165, 1.54) is 33.9 Å². The quantitative estimate of drug-likeness (QED) is 0.0144. The number of primary amides is 1. The minimum Gasteiger partial charge on any atom is -0.389 e. The van der Waals surface area contributed by atoms with Crippen LogP contribution in [0.2, 0.25) is 0 Å². The Morgan fingerprint density at radius 3 is 1.16 bits per heavy atom. The number of aromatic nitrogens is 6. The van der Waals surface area contributed by atoms with Crippen LogP contribution in [0.1, 0.15) is 81.0 Å².